The molecule has 0 unspecified atom stereocenters. The first-order chi connectivity index (χ1) is 13.3. The lowest BCUT2D eigenvalue weighted by molar-refractivity contribution is 0.381. The maximum Gasteiger partial charge on any atom is 0.102 e. The summed E-state index contributed by atoms with van der Waals surface area (Å²) in [6, 6.07) is 8.60. The van der Waals surface area contributed by atoms with Crippen molar-refractivity contribution < 1.29 is 4.11 Å². The molecule has 128 valence electrons. The number of benzene rings is 1. The molecule has 0 N–H and O–H groups in total. The van der Waals surface area contributed by atoms with Crippen molar-refractivity contribution in [1.82, 2.24) is 9.88 Å². The average molecular weight is 334 g/mol. The van der Waals surface area contributed by atoms with Crippen LogP contribution in [0.3, 0.4) is 0 Å². The SMILES string of the molecule is [2H]C([2H])([2H])N1C=CN(c2c(C)ccc3c2C2(CCCC2)c2ncccc2-3)[C@H]1C. The van der Waals surface area contributed by atoms with Crippen molar-refractivity contribution in [3.05, 3.63) is 59.7 Å². The smallest absolute Gasteiger partial charge is 0.102 e. The maximum absolute atomic E-state index is 7.86. The molecule has 0 saturated heterocycles. The molecule has 5 rings (SSSR count). The summed E-state index contributed by atoms with van der Waals surface area (Å²) < 4.78 is 23.6. The quantitative estimate of drug-likeness (QED) is 0.747. The molecule has 1 spiro atoms. The molecule has 1 aromatic carbocycles. The van der Waals surface area contributed by atoms with Crippen molar-refractivity contribution in [2.24, 2.45) is 0 Å². The highest BCUT2D eigenvalue weighted by atomic mass is 15.4. The number of anilines is 1. The molecule has 1 aromatic heterocycles. The summed E-state index contributed by atoms with van der Waals surface area (Å²) >= 11 is 0. The molecule has 0 radical (unpaired) electrons. The maximum atomic E-state index is 7.86. The van der Waals surface area contributed by atoms with Gasteiger partial charge in [0.15, 0.2) is 0 Å². The highest BCUT2D eigenvalue weighted by molar-refractivity contribution is 5.87. The normalized spacial score (nSPS) is 25.0. The zero-order valence-electron chi connectivity index (χ0n) is 17.8. The van der Waals surface area contributed by atoms with Gasteiger partial charge in [0.1, 0.15) is 6.17 Å². The number of nitrogens with zero attached hydrogens (tertiary/aromatic N) is 3. The third-order valence-electron chi connectivity index (χ3n) is 6.32. The van der Waals surface area contributed by atoms with Gasteiger partial charge in [0.2, 0.25) is 0 Å². The highest BCUT2D eigenvalue weighted by Gasteiger charge is 2.49. The Morgan fingerprint density at radius 2 is 2.00 bits per heavy atom. The minimum Gasteiger partial charge on any atom is -0.359 e. The van der Waals surface area contributed by atoms with Crippen LogP contribution >= 0.6 is 0 Å². The van der Waals surface area contributed by atoms with Gasteiger partial charge in [-0.2, -0.15) is 0 Å². The van der Waals surface area contributed by atoms with E-state index in [0.29, 0.717) is 0 Å². The zero-order chi connectivity index (χ0) is 19.7. The second-order valence-electron chi connectivity index (χ2n) is 7.59. The number of aromatic nitrogens is 1. The molecule has 25 heavy (non-hydrogen) atoms. The standard InChI is InChI=1S/C22H25N3/c1-15-8-9-17-18-7-6-12-23-21(18)22(10-4-5-11-22)19(17)20(15)25-14-13-24(3)16(25)2/h6-9,12-14,16H,4-5,10-11H2,1-3H3/t16-/m0/s1/i3D3. The van der Waals surface area contributed by atoms with E-state index in [1.165, 1.54) is 45.7 Å². The van der Waals surface area contributed by atoms with Gasteiger partial charge >= 0.3 is 0 Å². The number of hydrogen-bond donors (Lipinski definition) is 0. The minimum atomic E-state index is -2.15. The van der Waals surface area contributed by atoms with E-state index in [1.807, 2.05) is 25.4 Å². The van der Waals surface area contributed by atoms with Gasteiger partial charge in [-0.25, -0.2) is 0 Å². The molecule has 1 aliphatic heterocycles. The van der Waals surface area contributed by atoms with Crippen LogP contribution in [0.15, 0.2) is 42.9 Å². The van der Waals surface area contributed by atoms with Crippen LogP contribution in [-0.2, 0) is 5.41 Å². The van der Waals surface area contributed by atoms with Crippen molar-refractivity contribution in [2.45, 2.75) is 51.1 Å². The summed E-state index contributed by atoms with van der Waals surface area (Å²) in [6.45, 7) is 1.95. The number of hydrogen-bond acceptors (Lipinski definition) is 3. The highest BCUT2D eigenvalue weighted by Crippen LogP contribution is 2.59. The summed E-state index contributed by atoms with van der Waals surface area (Å²) in [5.74, 6) is 0. The lowest BCUT2D eigenvalue weighted by Crippen LogP contribution is -2.36. The Kier molecular flexibility index (Phi) is 2.48. The van der Waals surface area contributed by atoms with E-state index >= 15 is 0 Å². The van der Waals surface area contributed by atoms with Gasteiger partial charge in [-0.1, -0.05) is 31.0 Å². The van der Waals surface area contributed by atoms with Crippen LogP contribution in [0.1, 0.15) is 53.5 Å². The van der Waals surface area contributed by atoms with Crippen molar-refractivity contribution in [3.8, 4) is 11.1 Å². The van der Waals surface area contributed by atoms with Gasteiger partial charge in [0.25, 0.3) is 0 Å². The largest absolute Gasteiger partial charge is 0.359 e. The van der Waals surface area contributed by atoms with Gasteiger partial charge in [0, 0.05) is 40.7 Å². The molecular formula is C22H25N3. The van der Waals surface area contributed by atoms with E-state index in [9.17, 15) is 0 Å². The number of pyridine rings is 1. The molecule has 1 atom stereocenters. The third kappa shape index (κ3) is 1.84. The van der Waals surface area contributed by atoms with Crippen LogP contribution < -0.4 is 4.90 Å². The lowest BCUT2D eigenvalue weighted by atomic mass is 9.77. The Morgan fingerprint density at radius 3 is 2.76 bits per heavy atom. The predicted octanol–water partition coefficient (Wildman–Crippen LogP) is 4.80. The van der Waals surface area contributed by atoms with E-state index in [-0.39, 0.29) is 11.6 Å². The van der Waals surface area contributed by atoms with E-state index in [2.05, 4.69) is 30.0 Å². The van der Waals surface area contributed by atoms with E-state index < -0.39 is 6.98 Å². The van der Waals surface area contributed by atoms with Gasteiger partial charge in [-0.15, -0.1) is 0 Å². The Bertz CT molecular complexity index is 973. The number of fused-ring (bicyclic) bond motifs is 5. The topological polar surface area (TPSA) is 19.4 Å². The molecule has 0 amide bonds. The van der Waals surface area contributed by atoms with Crippen LogP contribution in [-0.4, -0.2) is 23.0 Å². The van der Waals surface area contributed by atoms with Crippen molar-refractivity contribution in [2.75, 3.05) is 11.9 Å². The number of rotatable bonds is 1. The second-order valence-corrected chi connectivity index (χ2v) is 7.59. The first-order valence-corrected chi connectivity index (χ1v) is 9.20. The van der Waals surface area contributed by atoms with E-state index in [4.69, 9.17) is 9.10 Å². The first kappa shape index (κ1) is 12.1. The van der Waals surface area contributed by atoms with E-state index in [0.717, 1.165) is 18.5 Å². The molecule has 0 bridgehead atoms. The van der Waals surface area contributed by atoms with Gasteiger partial charge in [-0.3, -0.25) is 4.98 Å². The number of aryl methyl sites for hydroxylation is 1. The van der Waals surface area contributed by atoms with E-state index in [1.54, 1.807) is 6.20 Å². The molecular weight excluding hydrogens is 306 g/mol. The Balaban J connectivity index is 1.73. The van der Waals surface area contributed by atoms with Gasteiger partial charge in [-0.05, 0) is 49.4 Å². The molecule has 3 nitrogen and oxygen atoms in total. The van der Waals surface area contributed by atoms with Crippen molar-refractivity contribution >= 4 is 5.69 Å². The van der Waals surface area contributed by atoms with Gasteiger partial charge in [0.05, 0.1) is 11.4 Å². The second kappa shape index (κ2) is 5.10. The van der Waals surface area contributed by atoms with Crippen LogP contribution in [0.25, 0.3) is 11.1 Å². The fourth-order valence-electron chi connectivity index (χ4n) is 5.11. The Morgan fingerprint density at radius 1 is 1.16 bits per heavy atom. The average Bonchev–Trinajstić information content (AvgIpc) is 3.34. The fourth-order valence-corrected chi connectivity index (χ4v) is 5.11. The summed E-state index contributed by atoms with van der Waals surface area (Å²) in [6.07, 6.45) is 9.91. The Labute approximate surface area is 154 Å². The first-order valence-electron chi connectivity index (χ1n) is 10.7. The van der Waals surface area contributed by atoms with Crippen LogP contribution in [0.2, 0.25) is 0 Å². The van der Waals surface area contributed by atoms with Crippen molar-refractivity contribution in [3.63, 3.8) is 0 Å². The summed E-state index contributed by atoms with van der Waals surface area (Å²) in [4.78, 5) is 8.45. The van der Waals surface area contributed by atoms with Crippen LogP contribution in [0, 0.1) is 6.92 Å². The zero-order valence-corrected chi connectivity index (χ0v) is 14.8. The molecule has 2 aromatic rings. The Hall–Kier alpha value is -2.29. The molecule has 3 aliphatic rings. The molecule has 1 fully saturated rings. The molecule has 1 saturated carbocycles. The summed E-state index contributed by atoms with van der Waals surface area (Å²) in [5, 5.41) is 0. The summed E-state index contributed by atoms with van der Waals surface area (Å²) in [7, 11) is 0. The molecule has 2 heterocycles. The predicted molar refractivity (Wildman–Crippen MR) is 103 cm³/mol. The molecule has 2 aliphatic carbocycles. The van der Waals surface area contributed by atoms with Crippen molar-refractivity contribution in [1.29, 1.82) is 0 Å². The molecule has 3 heteroatoms. The van der Waals surface area contributed by atoms with Gasteiger partial charge < -0.3 is 9.80 Å². The summed E-state index contributed by atoms with van der Waals surface area (Å²) in [5.41, 5.74) is 7.35. The lowest BCUT2D eigenvalue weighted by Gasteiger charge is -2.35. The third-order valence-corrected chi connectivity index (χ3v) is 6.32. The van der Waals surface area contributed by atoms with Crippen LogP contribution in [0.4, 0.5) is 5.69 Å². The monoisotopic (exact) mass is 334 g/mol. The minimum absolute atomic E-state index is 0.0474. The fraction of sp³-hybridized carbons (Fsp3) is 0.409. The van der Waals surface area contributed by atoms with Crippen LogP contribution in [0.5, 0.6) is 0 Å².